The molecule has 3 heteroatoms. The maximum absolute atomic E-state index is 6.01. The van der Waals surface area contributed by atoms with Crippen LogP contribution in [0.2, 0.25) is 12.1 Å². The largest absolute Gasteiger partial charge is 0.388 e. The molecule has 1 aliphatic heterocycles. The first kappa shape index (κ1) is 12.6. The van der Waals surface area contributed by atoms with Crippen LogP contribution < -0.4 is 0 Å². The van der Waals surface area contributed by atoms with E-state index in [1.807, 2.05) is 7.11 Å². The van der Waals surface area contributed by atoms with E-state index in [9.17, 15) is 0 Å². The molecule has 2 unspecified atom stereocenters. The minimum absolute atomic E-state index is 0.579. The molecule has 1 saturated carbocycles. The Hall–Kier alpha value is 0.137. The van der Waals surface area contributed by atoms with Crippen molar-refractivity contribution in [3.63, 3.8) is 0 Å². The molecule has 0 spiro atoms. The van der Waals surface area contributed by atoms with Crippen molar-refractivity contribution < 1.29 is 9.47 Å². The fourth-order valence-corrected chi connectivity index (χ4v) is 8.30. The third-order valence-corrected chi connectivity index (χ3v) is 9.94. The van der Waals surface area contributed by atoms with Gasteiger partial charge in [-0.25, -0.2) is 0 Å². The van der Waals surface area contributed by atoms with Crippen LogP contribution in [0.5, 0.6) is 0 Å². The molecule has 16 heavy (non-hydrogen) atoms. The highest BCUT2D eigenvalue weighted by Crippen LogP contribution is 2.41. The summed E-state index contributed by atoms with van der Waals surface area (Å²) >= 11 is 0. The maximum Gasteiger partial charge on any atom is 0.116 e. The average molecular weight is 242 g/mol. The van der Waals surface area contributed by atoms with Gasteiger partial charge in [-0.15, -0.1) is 0 Å². The van der Waals surface area contributed by atoms with Crippen LogP contribution in [0.3, 0.4) is 0 Å². The minimum Gasteiger partial charge on any atom is -0.388 e. The van der Waals surface area contributed by atoms with Gasteiger partial charge in [0.1, 0.15) is 8.07 Å². The van der Waals surface area contributed by atoms with E-state index in [1.165, 1.54) is 44.9 Å². The zero-order valence-corrected chi connectivity index (χ0v) is 11.8. The molecule has 0 aromatic rings. The predicted octanol–water partition coefficient (Wildman–Crippen LogP) is 3.30. The third-order valence-electron chi connectivity index (χ3n) is 4.66. The highest BCUT2D eigenvalue weighted by atomic mass is 28.3. The Morgan fingerprint density at radius 2 is 1.88 bits per heavy atom. The molecule has 0 bridgehead atoms. The van der Waals surface area contributed by atoms with Gasteiger partial charge in [0.2, 0.25) is 0 Å². The number of hydrogen-bond acceptors (Lipinski definition) is 2. The van der Waals surface area contributed by atoms with Crippen LogP contribution in [0.15, 0.2) is 0 Å². The average Bonchev–Trinajstić information content (AvgIpc) is 2.84. The first-order chi connectivity index (χ1) is 7.77. The van der Waals surface area contributed by atoms with Gasteiger partial charge in [-0.05, 0) is 18.4 Å². The molecule has 2 atom stereocenters. The highest BCUT2D eigenvalue weighted by molar-refractivity contribution is 6.81. The summed E-state index contributed by atoms with van der Waals surface area (Å²) in [4.78, 5) is 0. The molecule has 2 nitrogen and oxygen atoms in total. The normalized spacial score (nSPS) is 31.5. The van der Waals surface area contributed by atoms with Crippen LogP contribution in [0, 0.1) is 0 Å². The second-order valence-corrected chi connectivity index (χ2v) is 10.5. The molecule has 1 heterocycles. The van der Waals surface area contributed by atoms with Gasteiger partial charge in [-0.3, -0.25) is 0 Å². The maximum atomic E-state index is 6.01. The van der Waals surface area contributed by atoms with Crippen LogP contribution in [0.25, 0.3) is 0 Å². The van der Waals surface area contributed by atoms with Gasteiger partial charge in [-0.2, -0.15) is 0 Å². The molecule has 2 fully saturated rings. The Kier molecular flexibility index (Phi) is 4.45. The van der Waals surface area contributed by atoms with Crippen molar-refractivity contribution >= 4 is 8.07 Å². The first-order valence-corrected chi connectivity index (χ1v) is 9.74. The Morgan fingerprint density at radius 3 is 2.44 bits per heavy atom. The highest BCUT2D eigenvalue weighted by Gasteiger charge is 2.45. The van der Waals surface area contributed by atoms with Gasteiger partial charge in [0, 0.05) is 19.9 Å². The summed E-state index contributed by atoms with van der Waals surface area (Å²) < 4.78 is 11.6. The lowest BCUT2D eigenvalue weighted by Gasteiger charge is -2.41. The smallest absolute Gasteiger partial charge is 0.116 e. The predicted molar refractivity (Wildman–Crippen MR) is 69.3 cm³/mol. The molecular weight excluding hydrogens is 216 g/mol. The van der Waals surface area contributed by atoms with E-state index in [0.717, 1.165) is 18.4 Å². The minimum atomic E-state index is -1.36. The van der Waals surface area contributed by atoms with Crippen LogP contribution in [0.1, 0.15) is 44.9 Å². The van der Waals surface area contributed by atoms with Gasteiger partial charge in [0.25, 0.3) is 0 Å². The molecule has 2 rings (SSSR count). The molecule has 0 radical (unpaired) electrons. The molecular formula is C13H26O2Si. The van der Waals surface area contributed by atoms with Crippen molar-refractivity contribution in [1.29, 1.82) is 0 Å². The quantitative estimate of drug-likeness (QED) is 0.704. The van der Waals surface area contributed by atoms with Gasteiger partial charge in [0.15, 0.2) is 0 Å². The number of rotatable bonds is 4. The van der Waals surface area contributed by atoms with Gasteiger partial charge < -0.3 is 9.47 Å². The van der Waals surface area contributed by atoms with Crippen LogP contribution in [-0.2, 0) is 9.47 Å². The van der Waals surface area contributed by atoms with E-state index >= 15 is 0 Å². The second-order valence-electron chi connectivity index (χ2n) is 5.78. The molecule has 0 aromatic carbocycles. The monoisotopic (exact) mass is 242 g/mol. The van der Waals surface area contributed by atoms with Crippen molar-refractivity contribution in [1.82, 2.24) is 0 Å². The number of hydrogen-bond donors (Lipinski definition) is 0. The fraction of sp³-hybridized carbons (Fsp3) is 1.00. The van der Waals surface area contributed by atoms with E-state index in [2.05, 4.69) is 6.55 Å². The molecule has 94 valence electrons. The Balaban J connectivity index is 2.05. The fourth-order valence-electron chi connectivity index (χ4n) is 3.64. The molecule has 0 amide bonds. The number of methoxy groups -OCH3 is 1. The second kappa shape index (κ2) is 5.65. The van der Waals surface area contributed by atoms with Crippen LogP contribution >= 0.6 is 0 Å². The van der Waals surface area contributed by atoms with Gasteiger partial charge >= 0.3 is 0 Å². The summed E-state index contributed by atoms with van der Waals surface area (Å²) in [6, 6.07) is 0. The van der Waals surface area contributed by atoms with E-state index in [-0.39, 0.29) is 0 Å². The zero-order valence-electron chi connectivity index (χ0n) is 10.8. The summed E-state index contributed by atoms with van der Waals surface area (Å²) in [5, 5.41) is 0. The van der Waals surface area contributed by atoms with E-state index < -0.39 is 8.07 Å². The standard InChI is InChI=1S/C13H26O2Si/c1-14-11-16(2,13-9-6-10-15-13)12-7-4-3-5-8-12/h12-13H,3-11H2,1-2H3. The third kappa shape index (κ3) is 2.52. The van der Waals surface area contributed by atoms with Gasteiger partial charge in [0.05, 0.1) is 5.73 Å². The molecule has 1 saturated heterocycles. The molecule has 1 aliphatic carbocycles. The van der Waals surface area contributed by atoms with Crippen LogP contribution in [0.4, 0.5) is 0 Å². The molecule has 2 aliphatic rings. The van der Waals surface area contributed by atoms with E-state index in [0.29, 0.717) is 5.73 Å². The number of ether oxygens (including phenoxy) is 2. The van der Waals surface area contributed by atoms with Crippen LogP contribution in [-0.4, -0.2) is 33.7 Å². The summed E-state index contributed by atoms with van der Waals surface area (Å²) in [5.41, 5.74) is 1.53. The summed E-state index contributed by atoms with van der Waals surface area (Å²) in [7, 11) is 0.504. The van der Waals surface area contributed by atoms with Crippen molar-refractivity contribution in [2.45, 2.75) is 62.8 Å². The first-order valence-electron chi connectivity index (χ1n) is 6.88. The summed E-state index contributed by atoms with van der Waals surface area (Å²) in [5.74, 6) is 0. The summed E-state index contributed by atoms with van der Waals surface area (Å²) in [6.07, 6.45) is 10.7. The Labute approximate surface area is 101 Å². The van der Waals surface area contributed by atoms with Crippen molar-refractivity contribution in [2.75, 3.05) is 19.9 Å². The Bertz CT molecular complexity index is 210. The van der Waals surface area contributed by atoms with Crippen molar-refractivity contribution in [3.8, 4) is 0 Å². The molecule has 0 N–H and O–H groups in total. The summed E-state index contributed by atoms with van der Waals surface area (Å²) in [6.45, 7) is 3.52. The topological polar surface area (TPSA) is 18.5 Å². The lowest BCUT2D eigenvalue weighted by molar-refractivity contribution is 0.146. The lowest BCUT2D eigenvalue weighted by atomic mass is 10.0. The van der Waals surface area contributed by atoms with E-state index in [4.69, 9.17) is 9.47 Å². The van der Waals surface area contributed by atoms with Crippen molar-refractivity contribution in [3.05, 3.63) is 0 Å². The van der Waals surface area contributed by atoms with Crippen molar-refractivity contribution in [2.24, 2.45) is 0 Å². The Morgan fingerprint density at radius 1 is 1.12 bits per heavy atom. The zero-order chi connectivity index (χ0) is 11.4. The lowest BCUT2D eigenvalue weighted by Crippen LogP contribution is -2.53. The SMILES string of the molecule is COC[Si](C)(C1CCCCC1)C1CCCO1. The molecule has 0 aromatic heterocycles. The van der Waals surface area contributed by atoms with E-state index in [1.54, 1.807) is 0 Å². The van der Waals surface area contributed by atoms with Gasteiger partial charge in [-0.1, -0.05) is 38.7 Å².